The molecule has 4 aromatic rings. The van der Waals surface area contributed by atoms with Crippen molar-refractivity contribution in [2.45, 2.75) is 40.3 Å². The van der Waals surface area contributed by atoms with Crippen LogP contribution in [0.5, 0.6) is 0 Å². The summed E-state index contributed by atoms with van der Waals surface area (Å²) in [5.41, 5.74) is 4.40. The third kappa shape index (κ3) is 3.78. The minimum Gasteiger partial charge on any atom is -0.276 e. The molecule has 0 aliphatic carbocycles. The molecule has 148 valence electrons. The summed E-state index contributed by atoms with van der Waals surface area (Å²) in [6.07, 6.45) is 3.57. The lowest BCUT2D eigenvalue weighted by Gasteiger charge is -2.18. The summed E-state index contributed by atoms with van der Waals surface area (Å²) in [5, 5.41) is 5.13. The molecule has 3 heterocycles. The molecule has 0 saturated carbocycles. The minimum atomic E-state index is -0.176. The molecule has 3 aromatic heterocycles. The van der Waals surface area contributed by atoms with E-state index in [-0.39, 0.29) is 11.9 Å². The van der Waals surface area contributed by atoms with E-state index in [9.17, 15) is 4.79 Å². The van der Waals surface area contributed by atoms with Crippen molar-refractivity contribution in [2.24, 2.45) is 0 Å². The number of rotatable bonds is 5. The second-order valence-corrected chi connectivity index (χ2v) is 8.34. The van der Waals surface area contributed by atoms with Crippen LogP contribution < -0.4 is 4.90 Å². The number of aromatic nitrogens is 4. The van der Waals surface area contributed by atoms with Crippen molar-refractivity contribution in [3.63, 3.8) is 0 Å². The van der Waals surface area contributed by atoms with Crippen LogP contribution >= 0.6 is 11.3 Å². The molecule has 29 heavy (non-hydrogen) atoms. The van der Waals surface area contributed by atoms with E-state index in [0.717, 1.165) is 27.0 Å². The number of thiazole rings is 1. The molecule has 0 unspecified atom stereocenters. The number of nitrogens with zero attached hydrogens (tertiary/aromatic N) is 5. The van der Waals surface area contributed by atoms with Crippen LogP contribution in [0.3, 0.4) is 0 Å². The predicted octanol–water partition coefficient (Wildman–Crippen LogP) is 4.93. The highest BCUT2D eigenvalue weighted by Gasteiger charge is 2.25. The second-order valence-electron chi connectivity index (χ2n) is 7.36. The Labute approximate surface area is 173 Å². The smallest absolute Gasteiger partial charge is 0.276 e. The summed E-state index contributed by atoms with van der Waals surface area (Å²) in [4.78, 5) is 24.3. The average molecular weight is 406 g/mol. The third-order valence-corrected chi connectivity index (χ3v) is 6.02. The van der Waals surface area contributed by atoms with Gasteiger partial charge in [-0.05, 0) is 57.0 Å². The molecule has 7 heteroatoms. The number of carbonyl (C=O) groups excluding carboxylic acids is 1. The summed E-state index contributed by atoms with van der Waals surface area (Å²) in [6.45, 7) is 8.52. The Morgan fingerprint density at radius 1 is 1.14 bits per heavy atom. The number of amides is 1. The van der Waals surface area contributed by atoms with Gasteiger partial charge in [0.2, 0.25) is 0 Å². The van der Waals surface area contributed by atoms with Gasteiger partial charge in [0.05, 0.1) is 22.5 Å². The number of benzene rings is 1. The topological polar surface area (TPSA) is 63.9 Å². The zero-order chi connectivity index (χ0) is 20.5. The number of anilines is 1. The number of aryl methyl sites for hydroxylation is 2. The van der Waals surface area contributed by atoms with Crippen LogP contribution in [0.4, 0.5) is 5.13 Å². The lowest BCUT2D eigenvalue weighted by atomic mass is 10.1. The molecule has 4 rings (SSSR count). The number of pyridine rings is 1. The average Bonchev–Trinajstić information content (AvgIpc) is 3.37. The first-order valence-electron chi connectivity index (χ1n) is 9.57. The zero-order valence-corrected chi connectivity index (χ0v) is 17.8. The lowest BCUT2D eigenvalue weighted by Crippen LogP contribution is -2.31. The van der Waals surface area contributed by atoms with Crippen LogP contribution in [0.2, 0.25) is 0 Å². The summed E-state index contributed by atoms with van der Waals surface area (Å²) in [7, 11) is 0. The van der Waals surface area contributed by atoms with E-state index in [4.69, 9.17) is 4.98 Å². The quantitative estimate of drug-likeness (QED) is 0.472. The molecular weight excluding hydrogens is 382 g/mol. The first kappa shape index (κ1) is 19.3. The minimum absolute atomic E-state index is 0.176. The Morgan fingerprint density at radius 3 is 2.59 bits per heavy atom. The van der Waals surface area contributed by atoms with Crippen molar-refractivity contribution in [2.75, 3.05) is 4.90 Å². The van der Waals surface area contributed by atoms with E-state index in [1.165, 1.54) is 11.3 Å². The van der Waals surface area contributed by atoms with Crippen LogP contribution in [0.1, 0.15) is 47.2 Å². The molecule has 0 bridgehead atoms. The van der Waals surface area contributed by atoms with E-state index in [0.29, 0.717) is 17.4 Å². The molecule has 1 aromatic carbocycles. The van der Waals surface area contributed by atoms with Gasteiger partial charge in [0.15, 0.2) is 10.8 Å². The van der Waals surface area contributed by atoms with Crippen LogP contribution in [0.15, 0.2) is 48.8 Å². The molecule has 0 saturated heterocycles. The monoisotopic (exact) mass is 405 g/mol. The van der Waals surface area contributed by atoms with Crippen molar-refractivity contribution in [1.82, 2.24) is 19.7 Å². The van der Waals surface area contributed by atoms with Gasteiger partial charge in [0.1, 0.15) is 0 Å². The molecule has 0 N–H and O–H groups in total. The maximum Gasteiger partial charge on any atom is 0.280 e. The van der Waals surface area contributed by atoms with Gasteiger partial charge in [-0.25, -0.2) is 4.98 Å². The van der Waals surface area contributed by atoms with Crippen molar-refractivity contribution in [3.8, 4) is 0 Å². The Bertz CT molecular complexity index is 1120. The summed E-state index contributed by atoms with van der Waals surface area (Å²) in [6, 6.07) is 11.8. The van der Waals surface area contributed by atoms with Crippen LogP contribution in [-0.4, -0.2) is 25.7 Å². The van der Waals surface area contributed by atoms with E-state index >= 15 is 0 Å². The Morgan fingerprint density at radius 2 is 1.93 bits per heavy atom. The Balaban J connectivity index is 1.78. The van der Waals surface area contributed by atoms with Gasteiger partial charge < -0.3 is 0 Å². The van der Waals surface area contributed by atoms with Gasteiger partial charge >= 0.3 is 0 Å². The normalized spacial score (nSPS) is 11.3. The van der Waals surface area contributed by atoms with Gasteiger partial charge in [-0.2, -0.15) is 5.10 Å². The molecule has 0 aliphatic rings. The molecule has 6 nitrogen and oxygen atoms in total. The fraction of sp³-hybridized carbons (Fsp3) is 0.273. The fourth-order valence-electron chi connectivity index (χ4n) is 3.12. The third-order valence-electron chi connectivity index (χ3n) is 4.81. The van der Waals surface area contributed by atoms with Crippen LogP contribution in [0.25, 0.3) is 10.2 Å². The van der Waals surface area contributed by atoms with Crippen molar-refractivity contribution in [3.05, 3.63) is 71.3 Å². The molecule has 0 radical (unpaired) electrons. The van der Waals surface area contributed by atoms with Gasteiger partial charge in [0, 0.05) is 18.4 Å². The first-order chi connectivity index (χ1) is 13.9. The van der Waals surface area contributed by atoms with Crippen LogP contribution in [0, 0.1) is 13.8 Å². The summed E-state index contributed by atoms with van der Waals surface area (Å²) < 4.78 is 2.89. The maximum atomic E-state index is 13.4. The molecule has 0 spiro atoms. The second kappa shape index (κ2) is 7.75. The standard InChI is InChI=1S/C22H23N5OS/c1-14(2)27-12-10-18(25-27)21(28)26(13-17-7-5-6-11-23-17)22-24-19-15(3)8-9-16(4)20(19)29-22/h5-12,14H,13H2,1-4H3. The molecule has 0 aliphatic heterocycles. The van der Waals surface area contributed by atoms with Crippen molar-refractivity contribution in [1.29, 1.82) is 0 Å². The summed E-state index contributed by atoms with van der Waals surface area (Å²) >= 11 is 1.53. The van der Waals surface area contributed by atoms with Gasteiger partial charge in [0.25, 0.3) is 5.91 Å². The number of fused-ring (bicyclic) bond motifs is 1. The lowest BCUT2D eigenvalue weighted by molar-refractivity contribution is 0.0979. The number of hydrogen-bond donors (Lipinski definition) is 0. The summed E-state index contributed by atoms with van der Waals surface area (Å²) in [5.74, 6) is -0.176. The highest BCUT2D eigenvalue weighted by atomic mass is 32.1. The van der Waals surface area contributed by atoms with Gasteiger partial charge in [-0.1, -0.05) is 29.5 Å². The van der Waals surface area contributed by atoms with E-state index in [1.54, 1.807) is 21.8 Å². The first-order valence-corrected chi connectivity index (χ1v) is 10.4. The van der Waals surface area contributed by atoms with Crippen molar-refractivity contribution >= 4 is 32.6 Å². The fourth-order valence-corrected chi connectivity index (χ4v) is 4.23. The highest BCUT2D eigenvalue weighted by Crippen LogP contribution is 2.34. The molecule has 1 amide bonds. The predicted molar refractivity (Wildman–Crippen MR) is 116 cm³/mol. The van der Waals surface area contributed by atoms with E-state index < -0.39 is 0 Å². The van der Waals surface area contributed by atoms with E-state index in [1.807, 2.05) is 45.2 Å². The number of hydrogen-bond acceptors (Lipinski definition) is 5. The Kier molecular flexibility index (Phi) is 5.15. The van der Waals surface area contributed by atoms with Gasteiger partial charge in [-0.3, -0.25) is 19.4 Å². The largest absolute Gasteiger partial charge is 0.280 e. The maximum absolute atomic E-state index is 13.4. The molecular formula is C22H23N5OS. The molecule has 0 atom stereocenters. The SMILES string of the molecule is Cc1ccc(C)c2sc(N(Cc3ccccn3)C(=O)c3ccn(C(C)C)n3)nc12. The number of carbonyl (C=O) groups is 1. The van der Waals surface area contributed by atoms with Gasteiger partial charge in [-0.15, -0.1) is 0 Å². The highest BCUT2D eigenvalue weighted by molar-refractivity contribution is 7.22. The molecule has 0 fully saturated rings. The van der Waals surface area contributed by atoms with Crippen LogP contribution in [-0.2, 0) is 6.54 Å². The Hall–Kier alpha value is -3.06. The van der Waals surface area contributed by atoms with Crippen molar-refractivity contribution < 1.29 is 4.79 Å². The zero-order valence-electron chi connectivity index (χ0n) is 17.0. The van der Waals surface area contributed by atoms with E-state index in [2.05, 4.69) is 29.1 Å².